The largest absolute Gasteiger partial charge is 0.325 e. The molecule has 0 unspecified atom stereocenters. The van der Waals surface area contributed by atoms with Crippen molar-refractivity contribution in [2.45, 2.75) is 51.5 Å². The van der Waals surface area contributed by atoms with Crippen molar-refractivity contribution in [1.29, 1.82) is 5.26 Å². The summed E-state index contributed by atoms with van der Waals surface area (Å²) in [5.74, 6) is 0.438. The van der Waals surface area contributed by atoms with Crippen LogP contribution in [-0.2, 0) is 32.7 Å². The number of rotatable bonds is 14. The SMILES string of the molecule is CC#N.CCCC[N+](C)(C)Cc1ccc(C(=O)c2ccccc2)cc1.CN(C)Cc1ccc(C(=O)c2ccccc2)cc1.CNC.O=C(c1ccccc1)c1ccc(CBr)cc1.O=S1(=O)CCCO1. The Bertz CT molecular complexity index is 2520. The maximum absolute atomic E-state index is 12.4. The molecule has 7 rings (SSSR count). The molecule has 0 atom stereocenters. The van der Waals surface area contributed by atoms with Crippen molar-refractivity contribution in [2.75, 3.05) is 61.2 Å². The average molecular weight is 1020 g/mol. The first-order chi connectivity index (χ1) is 33.0. The standard InChI is InChI=1S/C20H26NO.C16H17NO.C14H11BrO.C3H6O3S.C2H7N.C2H3N/c1-4-5-15-21(2,3)16-17-11-13-19(14-12-17)20(22)18-9-7-6-8-10-18;1-17(2)12-13-8-10-15(11-9-13)16(18)14-6-4-3-5-7-14;15-10-11-6-8-13(9-7-11)14(16)12-4-2-1-3-5-12;4-7(5)3-1-2-6-7;1-3-2;1-2-3/h6-14H,4-5,15-16H2,1-3H3;3-11H,12H2,1-2H3;1-9H,10H2;1-3H2;3H,1-2H3;1H3/q+1;;;;;. The molecule has 0 amide bonds. The molecule has 69 heavy (non-hydrogen) atoms. The van der Waals surface area contributed by atoms with E-state index < -0.39 is 10.1 Å². The second-order valence-electron chi connectivity index (χ2n) is 16.9. The Kier molecular flexibility index (Phi) is 28.1. The third-order valence-electron chi connectivity index (χ3n) is 9.94. The Morgan fingerprint density at radius 3 is 1.25 bits per heavy atom. The number of nitriles is 1. The van der Waals surface area contributed by atoms with Crippen LogP contribution in [0.1, 0.15) is 97.6 Å². The van der Waals surface area contributed by atoms with E-state index >= 15 is 0 Å². The molecule has 1 aliphatic rings. The summed E-state index contributed by atoms with van der Waals surface area (Å²) in [4.78, 5) is 38.7. The fourth-order valence-electron chi connectivity index (χ4n) is 6.54. The van der Waals surface area contributed by atoms with Crippen molar-refractivity contribution in [3.8, 4) is 6.07 Å². The van der Waals surface area contributed by atoms with Gasteiger partial charge in [0.2, 0.25) is 0 Å². The number of nitrogens with one attached hydrogen (secondary N) is 1. The van der Waals surface area contributed by atoms with Crippen LogP contribution in [0.25, 0.3) is 0 Å². The Morgan fingerprint density at radius 1 is 0.638 bits per heavy atom. The van der Waals surface area contributed by atoms with E-state index in [9.17, 15) is 22.8 Å². The average Bonchev–Trinajstić information content (AvgIpc) is 3.78. The van der Waals surface area contributed by atoms with Gasteiger partial charge in [-0.05, 0) is 52.2 Å². The van der Waals surface area contributed by atoms with Crippen molar-refractivity contribution in [1.82, 2.24) is 10.2 Å². The molecule has 0 aromatic heterocycles. The first-order valence-electron chi connectivity index (χ1n) is 22.9. The van der Waals surface area contributed by atoms with Gasteiger partial charge in [-0.25, -0.2) is 0 Å². The van der Waals surface area contributed by atoms with Gasteiger partial charge in [-0.2, -0.15) is 13.7 Å². The van der Waals surface area contributed by atoms with Gasteiger partial charge in [-0.3, -0.25) is 18.6 Å². The lowest BCUT2D eigenvalue weighted by Crippen LogP contribution is -2.39. The summed E-state index contributed by atoms with van der Waals surface area (Å²) in [5, 5.41) is 10.9. The number of carbonyl (C=O) groups excluding carboxylic acids is 3. The lowest BCUT2D eigenvalue weighted by Gasteiger charge is -2.29. The smallest absolute Gasteiger partial charge is 0.267 e. The highest BCUT2D eigenvalue weighted by Crippen LogP contribution is 2.16. The molecule has 10 nitrogen and oxygen atoms in total. The number of benzene rings is 6. The lowest BCUT2D eigenvalue weighted by atomic mass is 10.0. The third kappa shape index (κ3) is 23.8. The van der Waals surface area contributed by atoms with E-state index in [2.05, 4.69) is 63.5 Å². The summed E-state index contributed by atoms with van der Waals surface area (Å²) in [6, 6.07) is 53.4. The molecule has 6 aromatic rings. The van der Waals surface area contributed by atoms with Crippen molar-refractivity contribution in [2.24, 2.45) is 0 Å². The zero-order chi connectivity index (χ0) is 51.1. The number of quaternary nitrogens is 1. The number of ketones is 3. The van der Waals surface area contributed by atoms with Gasteiger partial charge in [-0.1, -0.05) is 193 Å². The first-order valence-corrected chi connectivity index (χ1v) is 25.6. The van der Waals surface area contributed by atoms with E-state index in [0.717, 1.165) is 56.3 Å². The molecular formula is C57H70BrN4O6S+. The van der Waals surface area contributed by atoms with Crippen molar-refractivity contribution in [3.05, 3.63) is 214 Å². The molecule has 0 aliphatic carbocycles. The van der Waals surface area contributed by atoms with Crippen LogP contribution in [0.15, 0.2) is 164 Å². The molecule has 1 saturated heterocycles. The van der Waals surface area contributed by atoms with E-state index in [0.29, 0.717) is 13.0 Å². The van der Waals surface area contributed by atoms with E-state index in [1.165, 1.54) is 43.0 Å². The molecule has 366 valence electrons. The van der Waals surface area contributed by atoms with E-state index in [1.807, 2.05) is 180 Å². The van der Waals surface area contributed by atoms with E-state index in [1.54, 1.807) is 6.07 Å². The van der Waals surface area contributed by atoms with Gasteiger partial charge in [0.15, 0.2) is 17.3 Å². The van der Waals surface area contributed by atoms with Crippen LogP contribution in [0, 0.1) is 11.3 Å². The molecule has 1 aliphatic heterocycles. The molecule has 0 saturated carbocycles. The number of hydrogen-bond donors (Lipinski definition) is 1. The quantitative estimate of drug-likeness (QED) is 0.0490. The Hall–Kier alpha value is -5.91. The fourth-order valence-corrected chi connectivity index (χ4v) is 7.88. The van der Waals surface area contributed by atoms with Crippen molar-refractivity contribution >= 4 is 43.4 Å². The second-order valence-corrected chi connectivity index (χ2v) is 19.2. The summed E-state index contributed by atoms with van der Waals surface area (Å²) >= 11 is 3.38. The summed E-state index contributed by atoms with van der Waals surface area (Å²) < 4.78 is 25.7. The number of halogens is 1. The van der Waals surface area contributed by atoms with Crippen LogP contribution in [-0.4, -0.2) is 96.3 Å². The zero-order valence-electron chi connectivity index (χ0n) is 41.5. The van der Waals surface area contributed by atoms with Gasteiger partial charge in [0, 0.05) is 57.7 Å². The topological polar surface area (TPSA) is 134 Å². The summed E-state index contributed by atoms with van der Waals surface area (Å²) in [5.41, 5.74) is 8.11. The third-order valence-corrected chi connectivity index (χ3v) is 11.9. The molecule has 1 fully saturated rings. The highest BCUT2D eigenvalue weighted by Gasteiger charge is 2.18. The number of nitrogens with zero attached hydrogens (tertiary/aromatic N) is 3. The van der Waals surface area contributed by atoms with Crippen molar-refractivity contribution < 1.29 is 31.5 Å². The van der Waals surface area contributed by atoms with Gasteiger partial charge >= 0.3 is 0 Å². The van der Waals surface area contributed by atoms with Crippen LogP contribution in [0.4, 0.5) is 0 Å². The van der Waals surface area contributed by atoms with Gasteiger partial charge in [0.1, 0.15) is 6.54 Å². The molecule has 1 heterocycles. The summed E-state index contributed by atoms with van der Waals surface area (Å²) in [7, 11) is 9.29. The lowest BCUT2D eigenvalue weighted by molar-refractivity contribution is -0.903. The Labute approximate surface area is 420 Å². The minimum absolute atomic E-state index is 0.0710. The van der Waals surface area contributed by atoms with Gasteiger partial charge in [0.25, 0.3) is 10.1 Å². The Morgan fingerprint density at radius 2 is 0.971 bits per heavy atom. The molecule has 12 heteroatoms. The molecule has 0 bridgehead atoms. The van der Waals surface area contributed by atoms with Gasteiger partial charge in [0.05, 0.1) is 39.1 Å². The summed E-state index contributed by atoms with van der Waals surface area (Å²) in [6.45, 7) is 7.10. The predicted molar refractivity (Wildman–Crippen MR) is 285 cm³/mol. The number of carbonyl (C=O) groups is 3. The van der Waals surface area contributed by atoms with E-state index in [-0.39, 0.29) is 23.1 Å². The van der Waals surface area contributed by atoms with Crippen LogP contribution >= 0.6 is 15.9 Å². The minimum Gasteiger partial charge on any atom is -0.325 e. The van der Waals surface area contributed by atoms with Crippen LogP contribution in [0.3, 0.4) is 0 Å². The molecule has 0 radical (unpaired) electrons. The molecule has 0 spiro atoms. The molecule has 6 aromatic carbocycles. The van der Waals surface area contributed by atoms with Crippen molar-refractivity contribution in [3.63, 3.8) is 0 Å². The molecular weight excluding hydrogens is 949 g/mol. The highest BCUT2D eigenvalue weighted by molar-refractivity contribution is 9.08. The fraction of sp³-hybridized carbons (Fsp3) is 0.298. The zero-order valence-corrected chi connectivity index (χ0v) is 43.9. The normalized spacial score (nSPS) is 12.0. The maximum atomic E-state index is 12.4. The monoisotopic (exact) mass is 1020 g/mol. The van der Waals surface area contributed by atoms with Crippen LogP contribution < -0.4 is 5.32 Å². The summed E-state index contributed by atoms with van der Waals surface area (Å²) in [6.07, 6.45) is 3.13. The number of hydrogen-bond acceptors (Lipinski definition) is 9. The maximum Gasteiger partial charge on any atom is 0.267 e. The van der Waals surface area contributed by atoms with Gasteiger partial charge in [-0.15, -0.1) is 0 Å². The second kappa shape index (κ2) is 32.8. The highest BCUT2D eigenvalue weighted by atomic mass is 79.9. The number of alkyl halides is 1. The van der Waals surface area contributed by atoms with Crippen LogP contribution in [0.5, 0.6) is 0 Å². The van der Waals surface area contributed by atoms with Crippen LogP contribution in [0.2, 0.25) is 0 Å². The Balaban J connectivity index is 0.000000316. The first kappa shape index (κ1) is 59.2. The minimum atomic E-state index is -3.05. The number of unbranched alkanes of at least 4 members (excludes halogenated alkanes) is 1. The van der Waals surface area contributed by atoms with Gasteiger partial charge < -0.3 is 14.7 Å². The predicted octanol–water partition coefficient (Wildman–Crippen LogP) is 11.2. The van der Waals surface area contributed by atoms with E-state index in [4.69, 9.17) is 5.26 Å². The molecule has 1 N–H and O–H groups in total.